The predicted molar refractivity (Wildman–Crippen MR) is 127 cm³/mol. The second-order valence-corrected chi connectivity index (χ2v) is 8.62. The van der Waals surface area contributed by atoms with Crippen LogP contribution in [0, 0.1) is 10.1 Å². The van der Waals surface area contributed by atoms with Crippen LogP contribution in [-0.4, -0.2) is 33.7 Å². The third-order valence-corrected chi connectivity index (χ3v) is 6.54. The van der Waals surface area contributed by atoms with Gasteiger partial charge < -0.3 is 14.8 Å². The molecule has 4 rings (SSSR count). The number of nitrogens with one attached hydrogen (secondary N) is 1. The van der Waals surface area contributed by atoms with E-state index in [1.54, 1.807) is 24.4 Å². The molecule has 1 amide bonds. The van der Waals surface area contributed by atoms with Crippen LogP contribution >= 0.6 is 34.5 Å². The van der Waals surface area contributed by atoms with Gasteiger partial charge in [0.1, 0.15) is 10.6 Å². The number of thiophene rings is 1. The molecule has 0 aliphatic rings. The molecule has 0 bridgehead atoms. The summed E-state index contributed by atoms with van der Waals surface area (Å²) in [6.07, 6.45) is 1.54. The molecule has 0 fully saturated rings. The molecule has 34 heavy (non-hydrogen) atoms. The average Bonchev–Trinajstić information content (AvgIpc) is 3.42. The number of halogens is 2. The summed E-state index contributed by atoms with van der Waals surface area (Å²) in [6, 6.07) is 10.4. The molecule has 0 radical (unpaired) electrons. The second kappa shape index (κ2) is 9.67. The molecule has 0 spiro atoms. The third-order valence-electron chi connectivity index (χ3n) is 4.61. The molecule has 1 N–H and O–H groups in total. The Balaban J connectivity index is 1.43. The Labute approximate surface area is 205 Å². The van der Waals surface area contributed by atoms with Crippen molar-refractivity contribution in [3.63, 3.8) is 0 Å². The summed E-state index contributed by atoms with van der Waals surface area (Å²) in [5.74, 6) is -0.745. The number of methoxy groups -OCH3 is 1. The van der Waals surface area contributed by atoms with E-state index in [0.29, 0.717) is 20.8 Å². The number of esters is 1. The SMILES string of the molecule is COC(=O)c1sc2cc(NC(=O)c3ccn(COc4ccc([N+](=O)[O-])cc4Cl)n3)ccc2c1Cl. The molecular formula is C21H14Cl2N4O6S. The standard InChI is InChI=1S/C21H14Cl2N4O6S/c1-32-21(29)19-18(23)13-4-2-11(8-17(13)34-19)24-20(28)15-6-7-26(25-15)10-33-16-5-3-12(27(30)31)9-14(16)22/h2-9H,10H2,1H3,(H,24,28). The van der Waals surface area contributed by atoms with Gasteiger partial charge in [0.05, 0.1) is 22.1 Å². The highest BCUT2D eigenvalue weighted by Gasteiger charge is 2.18. The summed E-state index contributed by atoms with van der Waals surface area (Å²) in [5, 5.41) is 18.8. The molecule has 2 aromatic carbocycles. The van der Waals surface area contributed by atoms with Crippen molar-refractivity contribution in [2.75, 3.05) is 12.4 Å². The molecule has 0 saturated heterocycles. The van der Waals surface area contributed by atoms with E-state index in [1.165, 1.54) is 36.1 Å². The number of fused-ring (bicyclic) bond motifs is 1. The van der Waals surface area contributed by atoms with Crippen LogP contribution in [0.2, 0.25) is 10.0 Å². The van der Waals surface area contributed by atoms with Crippen LogP contribution in [0.3, 0.4) is 0 Å². The number of amides is 1. The lowest BCUT2D eigenvalue weighted by atomic mass is 10.2. The first-order valence-electron chi connectivity index (χ1n) is 9.48. The normalized spacial score (nSPS) is 10.8. The van der Waals surface area contributed by atoms with E-state index in [1.807, 2.05) is 0 Å². The van der Waals surface area contributed by atoms with Crippen molar-refractivity contribution in [1.82, 2.24) is 9.78 Å². The molecule has 0 aliphatic heterocycles. The van der Waals surface area contributed by atoms with Crippen molar-refractivity contribution >= 4 is 67.9 Å². The first-order valence-corrected chi connectivity index (χ1v) is 11.1. The van der Waals surface area contributed by atoms with Gasteiger partial charge in [-0.15, -0.1) is 11.3 Å². The van der Waals surface area contributed by atoms with Gasteiger partial charge in [-0.2, -0.15) is 5.10 Å². The van der Waals surface area contributed by atoms with E-state index in [4.69, 9.17) is 32.7 Å². The molecule has 4 aromatic rings. The van der Waals surface area contributed by atoms with Crippen LogP contribution in [0.15, 0.2) is 48.7 Å². The smallest absolute Gasteiger partial charge is 0.349 e. The van der Waals surface area contributed by atoms with Gasteiger partial charge in [-0.25, -0.2) is 9.48 Å². The molecule has 2 heterocycles. The van der Waals surface area contributed by atoms with Crippen molar-refractivity contribution < 1.29 is 24.0 Å². The zero-order chi connectivity index (χ0) is 24.4. The lowest BCUT2D eigenvalue weighted by Crippen LogP contribution is -2.14. The number of hydrogen-bond donors (Lipinski definition) is 1. The minimum absolute atomic E-state index is 0.0687. The molecule has 13 heteroatoms. The van der Waals surface area contributed by atoms with E-state index in [0.717, 1.165) is 11.3 Å². The number of nitrogens with zero attached hydrogens (tertiary/aromatic N) is 3. The molecular weight excluding hydrogens is 507 g/mol. The van der Waals surface area contributed by atoms with Gasteiger partial charge in [0.15, 0.2) is 12.4 Å². The van der Waals surface area contributed by atoms with E-state index < -0.39 is 16.8 Å². The quantitative estimate of drug-likeness (QED) is 0.196. The van der Waals surface area contributed by atoms with Gasteiger partial charge in [-0.05, 0) is 30.3 Å². The zero-order valence-electron chi connectivity index (χ0n) is 17.3. The highest BCUT2D eigenvalue weighted by Crippen LogP contribution is 2.37. The molecule has 2 aromatic heterocycles. The third kappa shape index (κ3) is 4.81. The number of nitro groups is 1. The number of hydrogen-bond acceptors (Lipinski definition) is 8. The van der Waals surface area contributed by atoms with Crippen LogP contribution in [-0.2, 0) is 11.5 Å². The fourth-order valence-corrected chi connectivity index (χ4v) is 4.67. The van der Waals surface area contributed by atoms with Gasteiger partial charge >= 0.3 is 5.97 Å². The first kappa shape index (κ1) is 23.5. The van der Waals surface area contributed by atoms with Crippen LogP contribution < -0.4 is 10.1 Å². The number of aromatic nitrogens is 2. The maximum absolute atomic E-state index is 12.6. The number of benzene rings is 2. The number of carbonyl (C=O) groups excluding carboxylic acids is 2. The van der Waals surface area contributed by atoms with E-state index >= 15 is 0 Å². The summed E-state index contributed by atoms with van der Waals surface area (Å²) >= 11 is 13.4. The Kier molecular flexibility index (Phi) is 6.68. The van der Waals surface area contributed by atoms with Crippen LogP contribution in [0.25, 0.3) is 10.1 Å². The Hall–Kier alpha value is -3.67. The highest BCUT2D eigenvalue weighted by molar-refractivity contribution is 7.21. The summed E-state index contributed by atoms with van der Waals surface area (Å²) in [7, 11) is 1.28. The van der Waals surface area contributed by atoms with Crippen LogP contribution in [0.4, 0.5) is 11.4 Å². The van der Waals surface area contributed by atoms with E-state index in [2.05, 4.69) is 10.4 Å². The van der Waals surface area contributed by atoms with Gasteiger partial charge in [-0.1, -0.05) is 23.2 Å². The summed E-state index contributed by atoms with van der Waals surface area (Å²) < 4.78 is 12.3. The fourth-order valence-electron chi connectivity index (χ4n) is 2.97. The zero-order valence-corrected chi connectivity index (χ0v) is 19.6. The lowest BCUT2D eigenvalue weighted by molar-refractivity contribution is -0.384. The van der Waals surface area contributed by atoms with Crippen molar-refractivity contribution in [3.8, 4) is 5.75 Å². The van der Waals surface area contributed by atoms with E-state index in [9.17, 15) is 19.7 Å². The second-order valence-electron chi connectivity index (χ2n) is 6.79. The largest absolute Gasteiger partial charge is 0.470 e. The Bertz CT molecular complexity index is 1430. The topological polar surface area (TPSA) is 126 Å². The maximum atomic E-state index is 12.6. The van der Waals surface area contributed by atoms with Crippen LogP contribution in [0.1, 0.15) is 20.2 Å². The Morgan fingerprint density at radius 2 is 2.00 bits per heavy atom. The van der Waals surface area contributed by atoms with E-state index in [-0.39, 0.29) is 33.8 Å². The Morgan fingerprint density at radius 3 is 2.71 bits per heavy atom. The molecule has 0 atom stereocenters. The minimum Gasteiger partial charge on any atom is -0.470 e. The number of non-ortho nitro benzene ring substituents is 1. The molecule has 0 saturated carbocycles. The number of anilines is 1. The van der Waals surface area contributed by atoms with Gasteiger partial charge in [-0.3, -0.25) is 14.9 Å². The van der Waals surface area contributed by atoms with Crippen molar-refractivity contribution in [3.05, 3.63) is 79.4 Å². The number of rotatable bonds is 7. The Morgan fingerprint density at radius 1 is 1.21 bits per heavy atom. The number of ether oxygens (including phenoxy) is 2. The van der Waals surface area contributed by atoms with Gasteiger partial charge in [0, 0.05) is 34.1 Å². The molecule has 10 nitrogen and oxygen atoms in total. The van der Waals surface area contributed by atoms with Gasteiger partial charge in [0.25, 0.3) is 11.6 Å². The van der Waals surface area contributed by atoms with Crippen molar-refractivity contribution in [2.24, 2.45) is 0 Å². The monoisotopic (exact) mass is 520 g/mol. The van der Waals surface area contributed by atoms with Gasteiger partial charge in [0.2, 0.25) is 0 Å². The van der Waals surface area contributed by atoms with Crippen molar-refractivity contribution in [2.45, 2.75) is 6.73 Å². The van der Waals surface area contributed by atoms with Crippen molar-refractivity contribution in [1.29, 1.82) is 0 Å². The molecule has 0 unspecified atom stereocenters. The fraction of sp³-hybridized carbons (Fsp3) is 0.0952. The number of carbonyl (C=O) groups is 2. The molecule has 174 valence electrons. The summed E-state index contributed by atoms with van der Waals surface area (Å²) in [6.45, 7) is -0.0687. The van der Waals surface area contributed by atoms with Crippen LogP contribution in [0.5, 0.6) is 5.75 Å². The minimum atomic E-state index is -0.559. The molecule has 0 aliphatic carbocycles. The summed E-state index contributed by atoms with van der Waals surface area (Å²) in [5.41, 5.74) is 0.480. The maximum Gasteiger partial charge on any atom is 0.349 e. The first-order chi connectivity index (χ1) is 16.3. The average molecular weight is 521 g/mol. The predicted octanol–water partition coefficient (Wildman–Crippen LogP) is 5.39. The number of nitro benzene ring substituents is 1. The lowest BCUT2D eigenvalue weighted by Gasteiger charge is -2.08. The highest BCUT2D eigenvalue weighted by atomic mass is 35.5. The summed E-state index contributed by atoms with van der Waals surface area (Å²) in [4.78, 5) is 35.0.